The summed E-state index contributed by atoms with van der Waals surface area (Å²) in [5.41, 5.74) is 4.50. The topological polar surface area (TPSA) is 85.2 Å². The molecule has 8 heteroatoms. The van der Waals surface area contributed by atoms with Gasteiger partial charge in [0.05, 0.1) is 22.5 Å². The lowest BCUT2D eigenvalue weighted by atomic mass is 10.00. The highest BCUT2D eigenvalue weighted by atomic mass is 35.5. The van der Waals surface area contributed by atoms with Gasteiger partial charge in [0.1, 0.15) is 5.60 Å². The first-order valence-electron chi connectivity index (χ1n) is 11.8. The van der Waals surface area contributed by atoms with Crippen LogP contribution in [0.3, 0.4) is 0 Å². The molecule has 7 nitrogen and oxygen atoms in total. The van der Waals surface area contributed by atoms with E-state index in [2.05, 4.69) is 15.6 Å². The van der Waals surface area contributed by atoms with Gasteiger partial charge in [0, 0.05) is 47.4 Å². The fourth-order valence-electron chi connectivity index (χ4n) is 4.44. The number of benzene rings is 2. The van der Waals surface area contributed by atoms with Crippen LogP contribution in [0, 0.1) is 0 Å². The third-order valence-electron chi connectivity index (χ3n) is 5.99. The maximum absolute atomic E-state index is 13.4. The van der Waals surface area contributed by atoms with Crippen LogP contribution < -0.4 is 10.6 Å². The van der Waals surface area contributed by atoms with Crippen molar-refractivity contribution in [1.29, 1.82) is 0 Å². The van der Waals surface area contributed by atoms with E-state index in [4.69, 9.17) is 16.3 Å². The van der Waals surface area contributed by atoms with Gasteiger partial charge in [0.2, 0.25) is 0 Å². The SMILES string of the molecule is CC(C)(C)OC(=O)n1c(-c2ccc(Cl)c3c2C(=O)NC3)cc2cc(CNCc3ccccn3)ccc21. The molecule has 4 aromatic rings. The number of halogens is 1. The molecule has 2 N–H and O–H groups in total. The Kier molecular flexibility index (Phi) is 6.28. The predicted molar refractivity (Wildman–Crippen MR) is 140 cm³/mol. The number of carbonyl (C=O) groups excluding carboxylic acids is 2. The molecule has 0 unspecified atom stereocenters. The number of pyridine rings is 1. The smallest absolute Gasteiger partial charge is 0.419 e. The van der Waals surface area contributed by atoms with E-state index >= 15 is 0 Å². The maximum Gasteiger partial charge on any atom is 0.419 e. The number of aromatic nitrogens is 2. The van der Waals surface area contributed by atoms with Crippen LogP contribution in [0.5, 0.6) is 0 Å². The summed E-state index contributed by atoms with van der Waals surface area (Å²) in [6.07, 6.45) is 1.27. The molecule has 36 heavy (non-hydrogen) atoms. The molecule has 0 bridgehead atoms. The highest BCUT2D eigenvalue weighted by molar-refractivity contribution is 6.32. The monoisotopic (exact) mass is 502 g/mol. The molecule has 1 aliphatic rings. The molecule has 184 valence electrons. The Labute approximate surface area is 214 Å². The van der Waals surface area contributed by atoms with Crippen molar-refractivity contribution < 1.29 is 14.3 Å². The van der Waals surface area contributed by atoms with Crippen molar-refractivity contribution in [2.24, 2.45) is 0 Å². The minimum Gasteiger partial charge on any atom is -0.443 e. The fourth-order valence-corrected chi connectivity index (χ4v) is 4.66. The summed E-state index contributed by atoms with van der Waals surface area (Å²) in [5.74, 6) is -0.206. The third-order valence-corrected chi connectivity index (χ3v) is 6.34. The van der Waals surface area contributed by atoms with Crippen molar-refractivity contribution in [1.82, 2.24) is 20.2 Å². The zero-order valence-electron chi connectivity index (χ0n) is 20.4. The van der Waals surface area contributed by atoms with E-state index in [0.717, 1.165) is 22.2 Å². The van der Waals surface area contributed by atoms with Gasteiger partial charge in [-0.1, -0.05) is 29.8 Å². The highest BCUT2D eigenvalue weighted by Gasteiger charge is 2.29. The Morgan fingerprint density at radius 3 is 2.72 bits per heavy atom. The van der Waals surface area contributed by atoms with Gasteiger partial charge in [-0.15, -0.1) is 0 Å². The average Bonchev–Trinajstić information content (AvgIpc) is 3.40. The predicted octanol–water partition coefficient (Wildman–Crippen LogP) is 5.67. The zero-order valence-corrected chi connectivity index (χ0v) is 21.1. The number of hydrogen-bond donors (Lipinski definition) is 2. The standard InChI is InChI=1S/C28H27ClN4O3/c1-28(2,3)36-27(35)33-23-10-7-17(14-30-15-19-6-4-5-11-31-19)12-18(23)13-24(33)20-8-9-22(29)21-16-32-26(34)25(20)21/h4-13,30H,14-16H2,1-3H3,(H,32,34). The van der Waals surface area contributed by atoms with E-state index in [9.17, 15) is 9.59 Å². The number of nitrogens with zero attached hydrogens (tertiary/aromatic N) is 2. The molecule has 2 aromatic carbocycles. The summed E-state index contributed by atoms with van der Waals surface area (Å²) in [4.78, 5) is 30.4. The second-order valence-electron chi connectivity index (χ2n) is 9.79. The number of nitrogens with one attached hydrogen (secondary N) is 2. The number of ether oxygens (including phenoxy) is 1. The first kappa shape index (κ1) is 24.0. The second-order valence-corrected chi connectivity index (χ2v) is 10.2. The molecule has 1 amide bonds. The van der Waals surface area contributed by atoms with Gasteiger partial charge in [-0.2, -0.15) is 0 Å². The van der Waals surface area contributed by atoms with E-state index < -0.39 is 11.7 Å². The quantitative estimate of drug-likeness (QED) is 0.367. The third kappa shape index (κ3) is 4.72. The van der Waals surface area contributed by atoms with Crippen LogP contribution >= 0.6 is 11.6 Å². The van der Waals surface area contributed by atoms with Crippen molar-refractivity contribution >= 4 is 34.5 Å². The Balaban J connectivity index is 1.56. The van der Waals surface area contributed by atoms with Gasteiger partial charge in [-0.3, -0.25) is 9.78 Å². The van der Waals surface area contributed by atoms with E-state index in [1.807, 2.05) is 63.2 Å². The van der Waals surface area contributed by atoms with Crippen molar-refractivity contribution in [3.05, 3.63) is 88.2 Å². The molecule has 5 rings (SSSR count). The molecule has 3 heterocycles. The van der Waals surface area contributed by atoms with Gasteiger partial charge >= 0.3 is 6.09 Å². The van der Waals surface area contributed by atoms with Gasteiger partial charge in [0.25, 0.3) is 5.91 Å². The summed E-state index contributed by atoms with van der Waals surface area (Å²) < 4.78 is 7.29. The first-order chi connectivity index (χ1) is 17.2. The molecule has 0 saturated heterocycles. The minimum absolute atomic E-state index is 0.206. The molecule has 0 atom stereocenters. The molecular formula is C28H27ClN4O3. The number of hydrogen-bond acceptors (Lipinski definition) is 5. The van der Waals surface area contributed by atoms with Crippen LogP contribution in [0.25, 0.3) is 22.2 Å². The second kappa shape index (κ2) is 9.41. The van der Waals surface area contributed by atoms with Crippen LogP contribution in [0.15, 0.2) is 60.8 Å². The summed E-state index contributed by atoms with van der Waals surface area (Å²) in [6.45, 7) is 7.13. The minimum atomic E-state index is -0.681. The van der Waals surface area contributed by atoms with E-state index in [0.29, 0.717) is 47.0 Å². The lowest BCUT2D eigenvalue weighted by Crippen LogP contribution is -2.27. The van der Waals surface area contributed by atoms with E-state index in [1.165, 1.54) is 0 Å². The average molecular weight is 503 g/mol. The van der Waals surface area contributed by atoms with Gasteiger partial charge in [0.15, 0.2) is 0 Å². The Morgan fingerprint density at radius 2 is 1.97 bits per heavy atom. The summed E-state index contributed by atoms with van der Waals surface area (Å²) in [7, 11) is 0. The molecule has 0 radical (unpaired) electrons. The van der Waals surface area contributed by atoms with Crippen LogP contribution in [0.4, 0.5) is 4.79 Å². The van der Waals surface area contributed by atoms with Gasteiger partial charge in [-0.05, 0) is 62.7 Å². The Morgan fingerprint density at radius 1 is 1.14 bits per heavy atom. The summed E-state index contributed by atoms with van der Waals surface area (Å²) in [6, 6.07) is 17.3. The van der Waals surface area contributed by atoms with Crippen molar-refractivity contribution in [3.63, 3.8) is 0 Å². The number of amides is 1. The van der Waals surface area contributed by atoms with Gasteiger partial charge in [-0.25, -0.2) is 9.36 Å². The first-order valence-corrected chi connectivity index (χ1v) is 12.2. The Bertz CT molecular complexity index is 1470. The van der Waals surface area contributed by atoms with Crippen molar-refractivity contribution in [2.45, 2.75) is 46.0 Å². The maximum atomic E-state index is 13.4. The molecule has 1 aliphatic heterocycles. The van der Waals surface area contributed by atoms with Crippen molar-refractivity contribution in [3.8, 4) is 11.3 Å². The number of rotatable bonds is 5. The number of carbonyl (C=O) groups is 2. The van der Waals surface area contributed by atoms with Crippen LogP contribution in [0.2, 0.25) is 5.02 Å². The molecule has 0 spiro atoms. The lowest BCUT2D eigenvalue weighted by molar-refractivity contribution is 0.0547. The molecule has 0 aliphatic carbocycles. The van der Waals surface area contributed by atoms with Crippen molar-refractivity contribution in [2.75, 3.05) is 0 Å². The summed E-state index contributed by atoms with van der Waals surface area (Å²) >= 11 is 6.37. The summed E-state index contributed by atoms with van der Waals surface area (Å²) in [5, 5.41) is 7.64. The van der Waals surface area contributed by atoms with Crippen LogP contribution in [-0.4, -0.2) is 27.2 Å². The molecule has 0 saturated carbocycles. The van der Waals surface area contributed by atoms with Crippen LogP contribution in [0.1, 0.15) is 48.0 Å². The normalized spacial score (nSPS) is 13.1. The lowest BCUT2D eigenvalue weighted by Gasteiger charge is -2.21. The molecule has 0 fully saturated rings. The molecule has 2 aromatic heterocycles. The van der Waals surface area contributed by atoms with Gasteiger partial charge < -0.3 is 15.4 Å². The highest BCUT2D eigenvalue weighted by Crippen LogP contribution is 2.37. The Hall–Kier alpha value is -3.68. The zero-order chi connectivity index (χ0) is 25.4. The largest absolute Gasteiger partial charge is 0.443 e. The number of fused-ring (bicyclic) bond motifs is 2. The van der Waals surface area contributed by atoms with Crippen LogP contribution in [-0.2, 0) is 24.4 Å². The van der Waals surface area contributed by atoms with E-state index in [1.54, 1.807) is 22.9 Å². The van der Waals surface area contributed by atoms with E-state index in [-0.39, 0.29) is 5.91 Å². The fraction of sp³-hybridized carbons (Fsp3) is 0.250. The molecular weight excluding hydrogens is 476 g/mol.